The van der Waals surface area contributed by atoms with Gasteiger partial charge in [-0.25, -0.2) is 4.68 Å². The van der Waals surface area contributed by atoms with Gasteiger partial charge < -0.3 is 10.2 Å². The molecule has 1 aromatic carbocycles. The normalized spacial score (nSPS) is 19.6. The van der Waals surface area contributed by atoms with Crippen molar-refractivity contribution in [2.24, 2.45) is 5.92 Å². The van der Waals surface area contributed by atoms with Gasteiger partial charge in [-0.15, -0.1) is 0 Å². The summed E-state index contributed by atoms with van der Waals surface area (Å²) in [7, 11) is 0. The molecule has 4 rings (SSSR count). The van der Waals surface area contributed by atoms with E-state index in [1.807, 2.05) is 41.1 Å². The first-order valence-electron chi connectivity index (χ1n) is 10.9. The van der Waals surface area contributed by atoms with Crippen LogP contribution in [0.4, 0.5) is 5.82 Å². The van der Waals surface area contributed by atoms with Crippen LogP contribution in [0.15, 0.2) is 42.6 Å². The molecule has 0 bridgehead atoms. The van der Waals surface area contributed by atoms with Crippen LogP contribution in [0.3, 0.4) is 0 Å². The molecular formula is C23H32N4O. The molecular weight excluding hydrogens is 348 g/mol. The fraction of sp³-hybridized carbons (Fsp3) is 0.565. The number of rotatable bonds is 6. The second-order valence-electron chi connectivity index (χ2n) is 8.41. The Bertz CT molecular complexity index is 743. The minimum Gasteiger partial charge on any atom is -0.311 e. The quantitative estimate of drug-likeness (QED) is 0.814. The predicted octanol–water partition coefficient (Wildman–Crippen LogP) is 4.28. The molecule has 0 unspecified atom stereocenters. The number of hydrogen-bond acceptors (Lipinski definition) is 3. The van der Waals surface area contributed by atoms with Crippen molar-refractivity contribution in [2.75, 3.05) is 25.0 Å². The van der Waals surface area contributed by atoms with Gasteiger partial charge in [0, 0.05) is 25.7 Å². The van der Waals surface area contributed by atoms with Crippen LogP contribution in [0.2, 0.25) is 0 Å². The van der Waals surface area contributed by atoms with Gasteiger partial charge in [-0.1, -0.05) is 49.6 Å². The van der Waals surface area contributed by atoms with Crippen molar-refractivity contribution in [1.29, 1.82) is 0 Å². The van der Waals surface area contributed by atoms with Crippen molar-refractivity contribution in [3.8, 4) is 0 Å². The molecule has 1 aromatic heterocycles. The first-order chi connectivity index (χ1) is 13.8. The Morgan fingerprint density at radius 1 is 1.00 bits per heavy atom. The average molecular weight is 381 g/mol. The molecule has 1 saturated carbocycles. The van der Waals surface area contributed by atoms with Crippen LogP contribution in [-0.2, 0) is 11.2 Å². The lowest BCUT2D eigenvalue weighted by Crippen LogP contribution is -2.38. The highest BCUT2D eigenvalue weighted by atomic mass is 16.1. The summed E-state index contributed by atoms with van der Waals surface area (Å²) in [6.45, 7) is 3.54. The third kappa shape index (κ3) is 5.02. The van der Waals surface area contributed by atoms with Gasteiger partial charge >= 0.3 is 0 Å². The number of benzene rings is 1. The van der Waals surface area contributed by atoms with E-state index in [9.17, 15) is 4.79 Å². The number of nitrogens with one attached hydrogen (secondary N) is 1. The number of aromatic nitrogens is 2. The molecule has 1 amide bonds. The topological polar surface area (TPSA) is 50.2 Å². The molecule has 5 nitrogen and oxygen atoms in total. The fourth-order valence-electron chi connectivity index (χ4n) is 4.75. The van der Waals surface area contributed by atoms with Crippen LogP contribution >= 0.6 is 0 Å². The Morgan fingerprint density at radius 2 is 1.75 bits per heavy atom. The highest BCUT2D eigenvalue weighted by Gasteiger charge is 2.25. The number of carbonyl (C=O) groups excluding carboxylic acids is 1. The monoisotopic (exact) mass is 380 g/mol. The van der Waals surface area contributed by atoms with E-state index in [1.165, 1.54) is 38.6 Å². The van der Waals surface area contributed by atoms with Crippen molar-refractivity contribution < 1.29 is 4.79 Å². The summed E-state index contributed by atoms with van der Waals surface area (Å²) < 4.78 is 2.03. The zero-order valence-corrected chi connectivity index (χ0v) is 16.7. The summed E-state index contributed by atoms with van der Waals surface area (Å²) >= 11 is 0. The molecule has 1 aliphatic heterocycles. The van der Waals surface area contributed by atoms with Gasteiger partial charge in [0.1, 0.15) is 5.82 Å². The van der Waals surface area contributed by atoms with E-state index in [2.05, 4.69) is 15.3 Å². The molecule has 5 heteroatoms. The zero-order valence-electron chi connectivity index (χ0n) is 16.7. The largest absolute Gasteiger partial charge is 0.311 e. The lowest BCUT2D eigenvalue weighted by molar-refractivity contribution is -0.115. The van der Waals surface area contributed by atoms with Gasteiger partial charge in [-0.3, -0.25) is 4.79 Å². The molecule has 1 aliphatic carbocycles. The van der Waals surface area contributed by atoms with Crippen LogP contribution in [0.5, 0.6) is 0 Å². The van der Waals surface area contributed by atoms with Crippen molar-refractivity contribution in [3.05, 3.63) is 48.2 Å². The second kappa shape index (κ2) is 9.37. The Labute approximate surface area is 168 Å². The molecule has 2 heterocycles. The second-order valence-corrected chi connectivity index (χ2v) is 8.41. The van der Waals surface area contributed by atoms with Crippen molar-refractivity contribution >= 4 is 11.7 Å². The van der Waals surface area contributed by atoms with Gasteiger partial charge in [0.25, 0.3) is 0 Å². The molecule has 2 aliphatic rings. The molecule has 2 fully saturated rings. The van der Waals surface area contributed by atoms with Gasteiger partial charge in [-0.2, -0.15) is 5.10 Å². The Balaban J connectivity index is 1.29. The number of amides is 1. The smallest absolute Gasteiger partial charge is 0.229 e. The summed E-state index contributed by atoms with van der Waals surface area (Å²) in [5.74, 6) is 1.75. The maximum Gasteiger partial charge on any atom is 0.229 e. The highest BCUT2D eigenvalue weighted by Crippen LogP contribution is 2.29. The van der Waals surface area contributed by atoms with E-state index in [4.69, 9.17) is 0 Å². The van der Waals surface area contributed by atoms with Crippen LogP contribution < -0.4 is 5.32 Å². The molecule has 0 spiro atoms. The first kappa shape index (κ1) is 19.2. The van der Waals surface area contributed by atoms with E-state index >= 15 is 0 Å². The van der Waals surface area contributed by atoms with Gasteiger partial charge in [0.05, 0.1) is 18.7 Å². The number of hydrogen-bond donors (Lipinski definition) is 1. The van der Waals surface area contributed by atoms with Crippen LogP contribution in [0, 0.1) is 5.92 Å². The summed E-state index contributed by atoms with van der Waals surface area (Å²) in [4.78, 5) is 15.1. The minimum absolute atomic E-state index is 0.0164. The number of carbonyl (C=O) groups is 1. The van der Waals surface area contributed by atoms with Crippen molar-refractivity contribution in [3.63, 3.8) is 0 Å². The molecule has 0 atom stereocenters. The number of nitrogens with zero attached hydrogens (tertiary/aromatic N) is 3. The van der Waals surface area contributed by atoms with Gasteiger partial charge in [0.15, 0.2) is 0 Å². The molecule has 1 saturated heterocycles. The molecule has 28 heavy (non-hydrogen) atoms. The maximum atomic E-state index is 12.4. The number of piperidine rings is 1. The molecule has 1 N–H and O–H groups in total. The van der Waals surface area contributed by atoms with Gasteiger partial charge in [0.2, 0.25) is 5.91 Å². The average Bonchev–Trinajstić information content (AvgIpc) is 3.18. The van der Waals surface area contributed by atoms with Crippen molar-refractivity contribution in [2.45, 2.75) is 57.4 Å². The number of likely N-dealkylation sites (tertiary alicyclic amines) is 1. The van der Waals surface area contributed by atoms with Crippen molar-refractivity contribution in [1.82, 2.24) is 14.7 Å². The Hall–Kier alpha value is -2.14. The SMILES string of the molecule is O=C(Cc1ccccc1)Nc1ccnn1C1CCN(CC2CCCCC2)CC1. The van der Waals surface area contributed by atoms with E-state index < -0.39 is 0 Å². The lowest BCUT2D eigenvalue weighted by atomic mass is 9.88. The van der Waals surface area contributed by atoms with E-state index in [1.54, 1.807) is 6.20 Å². The third-order valence-electron chi connectivity index (χ3n) is 6.29. The lowest BCUT2D eigenvalue weighted by Gasteiger charge is -2.35. The Kier molecular flexibility index (Phi) is 6.42. The molecule has 150 valence electrons. The third-order valence-corrected chi connectivity index (χ3v) is 6.29. The minimum atomic E-state index is 0.0164. The Morgan fingerprint density at radius 3 is 2.50 bits per heavy atom. The van der Waals surface area contributed by atoms with E-state index in [0.717, 1.165) is 43.2 Å². The molecule has 2 aromatic rings. The fourth-order valence-corrected chi connectivity index (χ4v) is 4.75. The summed E-state index contributed by atoms with van der Waals surface area (Å²) in [5, 5.41) is 7.59. The summed E-state index contributed by atoms with van der Waals surface area (Å²) in [6, 6.07) is 12.2. The summed E-state index contributed by atoms with van der Waals surface area (Å²) in [5.41, 5.74) is 1.03. The van der Waals surface area contributed by atoms with Crippen LogP contribution in [-0.4, -0.2) is 40.2 Å². The number of anilines is 1. The maximum absolute atomic E-state index is 12.4. The molecule has 0 radical (unpaired) electrons. The van der Waals surface area contributed by atoms with E-state index in [-0.39, 0.29) is 5.91 Å². The highest BCUT2D eigenvalue weighted by molar-refractivity contribution is 5.91. The first-order valence-corrected chi connectivity index (χ1v) is 10.9. The summed E-state index contributed by atoms with van der Waals surface area (Å²) in [6.07, 6.45) is 11.5. The predicted molar refractivity (Wildman–Crippen MR) is 112 cm³/mol. The van der Waals surface area contributed by atoms with Gasteiger partial charge in [-0.05, 0) is 37.2 Å². The van der Waals surface area contributed by atoms with E-state index in [0.29, 0.717) is 12.5 Å². The van der Waals surface area contributed by atoms with Crippen LogP contribution in [0.1, 0.15) is 56.6 Å². The van der Waals surface area contributed by atoms with Crippen LogP contribution in [0.25, 0.3) is 0 Å². The standard InChI is InChI=1S/C23H32N4O/c28-23(17-19-7-3-1-4-8-19)25-22-11-14-24-27(22)21-12-15-26(16-13-21)18-20-9-5-2-6-10-20/h1,3-4,7-8,11,14,20-21H,2,5-6,9-10,12-13,15-18H2,(H,25,28). The zero-order chi connectivity index (χ0) is 19.2.